The fourth-order valence-electron chi connectivity index (χ4n) is 3.94. The molecular weight excluding hydrogens is 238 g/mol. The molecule has 4 unspecified atom stereocenters. The number of hydrogen-bond donors (Lipinski definition) is 2. The Balaban J connectivity index is 1.52. The van der Waals surface area contributed by atoms with E-state index < -0.39 is 0 Å². The van der Waals surface area contributed by atoms with Gasteiger partial charge in [-0.25, -0.2) is 0 Å². The zero-order valence-corrected chi connectivity index (χ0v) is 12.0. The number of nitrogens with one attached hydrogen (secondary N) is 2. The molecule has 4 nitrogen and oxygen atoms in total. The van der Waals surface area contributed by atoms with Crippen molar-refractivity contribution in [2.45, 2.75) is 63.6 Å². The van der Waals surface area contributed by atoms with Crippen LogP contribution in [0.5, 0.6) is 0 Å². The van der Waals surface area contributed by atoms with Crippen LogP contribution in [0, 0.1) is 5.92 Å². The molecule has 19 heavy (non-hydrogen) atoms. The minimum Gasteiger partial charge on any atom is -0.351 e. The van der Waals surface area contributed by atoms with Crippen molar-refractivity contribution in [1.82, 2.24) is 15.5 Å². The lowest BCUT2D eigenvalue weighted by molar-refractivity contribution is -0.126. The predicted octanol–water partition coefficient (Wildman–Crippen LogP) is 1.12. The van der Waals surface area contributed by atoms with E-state index in [0.717, 1.165) is 25.8 Å². The van der Waals surface area contributed by atoms with Crippen LogP contribution in [-0.2, 0) is 4.79 Å². The molecule has 0 spiro atoms. The SMILES string of the molecule is CC1CCC(C(=O)NC2CCN3CCCCC23)CN1. The van der Waals surface area contributed by atoms with Crippen LogP contribution < -0.4 is 10.6 Å². The maximum absolute atomic E-state index is 12.4. The average Bonchev–Trinajstić information content (AvgIpc) is 2.83. The third-order valence-corrected chi connectivity index (χ3v) is 5.22. The van der Waals surface area contributed by atoms with Crippen LogP contribution in [0.2, 0.25) is 0 Å². The number of rotatable bonds is 2. The molecule has 3 aliphatic rings. The second-order valence-electron chi connectivity index (χ2n) is 6.59. The van der Waals surface area contributed by atoms with Crippen LogP contribution in [0.4, 0.5) is 0 Å². The van der Waals surface area contributed by atoms with Gasteiger partial charge in [0.2, 0.25) is 5.91 Å². The van der Waals surface area contributed by atoms with Crippen molar-refractivity contribution in [1.29, 1.82) is 0 Å². The van der Waals surface area contributed by atoms with Gasteiger partial charge in [0.05, 0.1) is 5.92 Å². The normalized spacial score (nSPS) is 39.8. The molecule has 0 aromatic rings. The number of carbonyl (C=O) groups is 1. The molecule has 108 valence electrons. The first-order valence-electron chi connectivity index (χ1n) is 8.02. The van der Waals surface area contributed by atoms with Gasteiger partial charge in [-0.1, -0.05) is 6.42 Å². The van der Waals surface area contributed by atoms with E-state index in [1.54, 1.807) is 0 Å². The molecule has 3 aliphatic heterocycles. The third-order valence-electron chi connectivity index (χ3n) is 5.22. The predicted molar refractivity (Wildman–Crippen MR) is 75.9 cm³/mol. The van der Waals surface area contributed by atoms with E-state index in [4.69, 9.17) is 0 Å². The summed E-state index contributed by atoms with van der Waals surface area (Å²) in [6, 6.07) is 1.60. The first-order chi connectivity index (χ1) is 9.24. The molecule has 0 aliphatic carbocycles. The summed E-state index contributed by atoms with van der Waals surface area (Å²) in [7, 11) is 0. The summed E-state index contributed by atoms with van der Waals surface area (Å²) in [5, 5.41) is 6.76. The number of fused-ring (bicyclic) bond motifs is 1. The van der Waals surface area contributed by atoms with Crippen LogP contribution >= 0.6 is 0 Å². The fraction of sp³-hybridized carbons (Fsp3) is 0.933. The summed E-state index contributed by atoms with van der Waals surface area (Å²) in [6.07, 6.45) is 7.24. The maximum Gasteiger partial charge on any atom is 0.224 e. The van der Waals surface area contributed by atoms with Gasteiger partial charge in [0, 0.05) is 31.2 Å². The van der Waals surface area contributed by atoms with Crippen LogP contribution in [0.25, 0.3) is 0 Å². The molecule has 4 heteroatoms. The summed E-state index contributed by atoms with van der Waals surface area (Å²) >= 11 is 0. The van der Waals surface area contributed by atoms with Gasteiger partial charge >= 0.3 is 0 Å². The van der Waals surface area contributed by atoms with Crippen molar-refractivity contribution in [2.24, 2.45) is 5.92 Å². The van der Waals surface area contributed by atoms with E-state index in [1.807, 2.05) is 0 Å². The van der Waals surface area contributed by atoms with Crippen molar-refractivity contribution in [3.8, 4) is 0 Å². The van der Waals surface area contributed by atoms with Gasteiger partial charge in [-0.05, 0) is 45.6 Å². The summed E-state index contributed by atoms with van der Waals surface area (Å²) in [5.41, 5.74) is 0. The summed E-state index contributed by atoms with van der Waals surface area (Å²) in [4.78, 5) is 14.9. The third kappa shape index (κ3) is 2.95. The molecule has 0 aromatic carbocycles. The highest BCUT2D eigenvalue weighted by atomic mass is 16.2. The van der Waals surface area contributed by atoms with Crippen LogP contribution in [0.1, 0.15) is 45.4 Å². The smallest absolute Gasteiger partial charge is 0.224 e. The highest BCUT2D eigenvalue weighted by Crippen LogP contribution is 2.27. The molecule has 0 aromatic heterocycles. The van der Waals surface area contributed by atoms with E-state index in [9.17, 15) is 4.79 Å². The summed E-state index contributed by atoms with van der Waals surface area (Å²) in [5.74, 6) is 0.477. The number of carbonyl (C=O) groups excluding carboxylic acids is 1. The maximum atomic E-state index is 12.4. The van der Waals surface area contributed by atoms with E-state index in [0.29, 0.717) is 18.1 Å². The Hall–Kier alpha value is -0.610. The Kier molecular flexibility index (Phi) is 4.08. The van der Waals surface area contributed by atoms with Crippen molar-refractivity contribution >= 4 is 5.91 Å². The first kappa shape index (κ1) is 13.4. The first-order valence-corrected chi connectivity index (χ1v) is 8.02. The second kappa shape index (κ2) is 5.80. The largest absolute Gasteiger partial charge is 0.351 e. The quantitative estimate of drug-likeness (QED) is 0.786. The average molecular weight is 265 g/mol. The lowest BCUT2D eigenvalue weighted by atomic mass is 9.93. The summed E-state index contributed by atoms with van der Waals surface area (Å²) in [6.45, 7) is 5.47. The Bertz CT molecular complexity index is 325. The van der Waals surface area contributed by atoms with Gasteiger partial charge in [-0.3, -0.25) is 9.69 Å². The van der Waals surface area contributed by atoms with E-state index in [-0.39, 0.29) is 11.8 Å². The fourth-order valence-corrected chi connectivity index (χ4v) is 3.94. The Morgan fingerprint density at radius 1 is 1.16 bits per heavy atom. The highest BCUT2D eigenvalue weighted by Gasteiger charge is 2.37. The Morgan fingerprint density at radius 3 is 2.84 bits per heavy atom. The molecule has 0 saturated carbocycles. The van der Waals surface area contributed by atoms with Crippen molar-refractivity contribution in [2.75, 3.05) is 19.6 Å². The van der Waals surface area contributed by atoms with Crippen LogP contribution in [-0.4, -0.2) is 48.6 Å². The lowest BCUT2D eigenvalue weighted by Crippen LogP contribution is -2.51. The molecule has 2 N–H and O–H groups in total. The standard InChI is InChI=1S/C15H27N3O/c1-11-5-6-12(10-16-11)15(19)17-13-7-9-18-8-3-2-4-14(13)18/h11-14,16H,2-10H2,1H3,(H,17,19). The molecule has 0 bridgehead atoms. The lowest BCUT2D eigenvalue weighted by Gasteiger charge is -2.34. The van der Waals surface area contributed by atoms with Gasteiger partial charge < -0.3 is 10.6 Å². The summed E-state index contributed by atoms with van der Waals surface area (Å²) < 4.78 is 0. The molecule has 4 atom stereocenters. The number of piperidine rings is 2. The van der Waals surface area contributed by atoms with Gasteiger partial charge in [-0.2, -0.15) is 0 Å². The number of nitrogens with zero attached hydrogens (tertiary/aromatic N) is 1. The molecule has 1 amide bonds. The Labute approximate surface area is 116 Å². The minimum absolute atomic E-state index is 0.189. The number of hydrogen-bond acceptors (Lipinski definition) is 3. The molecule has 3 heterocycles. The van der Waals surface area contributed by atoms with Crippen LogP contribution in [0.3, 0.4) is 0 Å². The van der Waals surface area contributed by atoms with Crippen LogP contribution in [0.15, 0.2) is 0 Å². The van der Waals surface area contributed by atoms with Gasteiger partial charge in [0.1, 0.15) is 0 Å². The monoisotopic (exact) mass is 265 g/mol. The van der Waals surface area contributed by atoms with E-state index in [2.05, 4.69) is 22.5 Å². The van der Waals surface area contributed by atoms with Gasteiger partial charge in [-0.15, -0.1) is 0 Å². The Morgan fingerprint density at radius 2 is 2.05 bits per heavy atom. The molecular formula is C15H27N3O. The minimum atomic E-state index is 0.189. The number of amides is 1. The molecule has 3 fully saturated rings. The van der Waals surface area contributed by atoms with Gasteiger partial charge in [0.15, 0.2) is 0 Å². The van der Waals surface area contributed by atoms with Crippen molar-refractivity contribution in [3.05, 3.63) is 0 Å². The zero-order chi connectivity index (χ0) is 13.2. The highest BCUT2D eigenvalue weighted by molar-refractivity contribution is 5.79. The molecule has 0 radical (unpaired) electrons. The van der Waals surface area contributed by atoms with Crippen molar-refractivity contribution < 1.29 is 4.79 Å². The van der Waals surface area contributed by atoms with E-state index >= 15 is 0 Å². The van der Waals surface area contributed by atoms with Crippen molar-refractivity contribution in [3.63, 3.8) is 0 Å². The zero-order valence-electron chi connectivity index (χ0n) is 12.0. The second-order valence-corrected chi connectivity index (χ2v) is 6.59. The molecule has 3 rings (SSSR count). The topological polar surface area (TPSA) is 44.4 Å². The molecule has 3 saturated heterocycles. The van der Waals surface area contributed by atoms with Gasteiger partial charge in [0.25, 0.3) is 0 Å². The van der Waals surface area contributed by atoms with E-state index in [1.165, 1.54) is 32.4 Å².